The molecule has 0 spiro atoms. The highest BCUT2D eigenvalue weighted by atomic mass is 32.1. The lowest BCUT2D eigenvalue weighted by molar-refractivity contribution is -0.121. The maximum Gasteiger partial charge on any atom is 0.219 e. The van der Waals surface area contributed by atoms with E-state index < -0.39 is 0 Å². The average molecular weight is 295 g/mol. The van der Waals surface area contributed by atoms with Crippen molar-refractivity contribution in [2.75, 3.05) is 6.54 Å². The number of aryl methyl sites for hydroxylation is 1. The molecular weight excluding hydrogens is 278 g/mol. The lowest BCUT2D eigenvalue weighted by atomic mass is 10.3. The van der Waals surface area contributed by atoms with E-state index in [9.17, 15) is 4.79 Å². The second kappa shape index (κ2) is 6.77. The van der Waals surface area contributed by atoms with Gasteiger partial charge in [-0.05, 0) is 13.3 Å². The van der Waals surface area contributed by atoms with Crippen LogP contribution in [0.3, 0.4) is 0 Å². The molecule has 0 unspecified atom stereocenters. The monoisotopic (exact) mass is 295 g/mol. The number of amides is 1. The van der Waals surface area contributed by atoms with Crippen LogP contribution in [0.2, 0.25) is 0 Å². The molecule has 2 aromatic heterocycles. The van der Waals surface area contributed by atoms with Crippen molar-refractivity contribution >= 4 is 28.6 Å². The number of thiazole rings is 2. The number of rotatable bonds is 6. The predicted molar refractivity (Wildman–Crippen MR) is 79.6 cm³/mol. The molecule has 0 aromatic carbocycles. The van der Waals surface area contributed by atoms with Crippen molar-refractivity contribution in [3.05, 3.63) is 21.5 Å². The van der Waals surface area contributed by atoms with Crippen LogP contribution >= 0.6 is 22.7 Å². The van der Waals surface area contributed by atoms with Crippen LogP contribution in [-0.2, 0) is 11.2 Å². The molecular formula is C13H17N3OS2. The molecule has 0 saturated carbocycles. The van der Waals surface area contributed by atoms with Crippen molar-refractivity contribution in [3.63, 3.8) is 0 Å². The Morgan fingerprint density at radius 3 is 2.84 bits per heavy atom. The van der Waals surface area contributed by atoms with E-state index in [1.165, 1.54) is 0 Å². The lowest BCUT2D eigenvalue weighted by Crippen LogP contribution is -2.25. The highest BCUT2D eigenvalue weighted by Crippen LogP contribution is 2.25. The van der Waals surface area contributed by atoms with Crippen LogP contribution in [0.5, 0.6) is 0 Å². The average Bonchev–Trinajstić information content (AvgIpc) is 2.98. The van der Waals surface area contributed by atoms with E-state index in [2.05, 4.69) is 15.3 Å². The van der Waals surface area contributed by atoms with Crippen LogP contribution in [0, 0.1) is 6.92 Å². The van der Waals surface area contributed by atoms with Gasteiger partial charge < -0.3 is 5.32 Å². The Morgan fingerprint density at radius 1 is 1.32 bits per heavy atom. The molecule has 2 rings (SSSR count). The van der Waals surface area contributed by atoms with Gasteiger partial charge in [-0.25, -0.2) is 9.97 Å². The first-order chi connectivity index (χ1) is 9.19. The van der Waals surface area contributed by atoms with E-state index in [1.54, 1.807) is 22.7 Å². The van der Waals surface area contributed by atoms with Crippen LogP contribution in [0.1, 0.15) is 30.5 Å². The van der Waals surface area contributed by atoms with Gasteiger partial charge in [0, 0.05) is 35.8 Å². The van der Waals surface area contributed by atoms with Crippen molar-refractivity contribution in [1.29, 1.82) is 0 Å². The van der Waals surface area contributed by atoms with Gasteiger partial charge in [0.1, 0.15) is 10.7 Å². The molecule has 0 radical (unpaired) electrons. The molecule has 0 aliphatic heterocycles. The fraction of sp³-hybridized carbons (Fsp3) is 0.462. The summed E-state index contributed by atoms with van der Waals surface area (Å²) in [5, 5.41) is 8.97. The summed E-state index contributed by atoms with van der Waals surface area (Å²) >= 11 is 3.24. The molecule has 19 heavy (non-hydrogen) atoms. The Balaban J connectivity index is 1.86. The fourth-order valence-corrected chi connectivity index (χ4v) is 3.23. The molecule has 4 nitrogen and oxygen atoms in total. The number of hydrogen-bond donors (Lipinski definition) is 1. The van der Waals surface area contributed by atoms with E-state index in [0.717, 1.165) is 34.2 Å². The minimum Gasteiger partial charge on any atom is -0.356 e. The van der Waals surface area contributed by atoms with Crippen molar-refractivity contribution in [2.45, 2.75) is 33.1 Å². The van der Waals surface area contributed by atoms with Crippen LogP contribution in [0.25, 0.3) is 10.7 Å². The normalized spacial score (nSPS) is 10.6. The Hall–Kier alpha value is -1.27. The van der Waals surface area contributed by atoms with Gasteiger partial charge in [0.05, 0.1) is 5.01 Å². The highest BCUT2D eigenvalue weighted by molar-refractivity contribution is 7.14. The van der Waals surface area contributed by atoms with E-state index in [-0.39, 0.29) is 5.91 Å². The molecule has 0 saturated heterocycles. The summed E-state index contributed by atoms with van der Waals surface area (Å²) in [5.74, 6) is 0.120. The third-order valence-electron chi connectivity index (χ3n) is 2.53. The van der Waals surface area contributed by atoms with Crippen LogP contribution < -0.4 is 5.32 Å². The van der Waals surface area contributed by atoms with Gasteiger partial charge in [0.15, 0.2) is 0 Å². The summed E-state index contributed by atoms with van der Waals surface area (Å²) < 4.78 is 0. The van der Waals surface area contributed by atoms with Crippen LogP contribution in [0.15, 0.2) is 10.8 Å². The third kappa shape index (κ3) is 4.11. The summed E-state index contributed by atoms with van der Waals surface area (Å²) in [4.78, 5) is 20.3. The summed E-state index contributed by atoms with van der Waals surface area (Å²) in [6, 6.07) is 0. The summed E-state index contributed by atoms with van der Waals surface area (Å²) in [7, 11) is 0. The van der Waals surface area contributed by atoms with E-state index in [1.807, 2.05) is 24.6 Å². The summed E-state index contributed by atoms with van der Waals surface area (Å²) in [6.07, 6.45) is 2.27. The molecule has 0 aliphatic rings. The number of nitrogens with zero attached hydrogens (tertiary/aromatic N) is 2. The first kappa shape index (κ1) is 14.1. The standard InChI is InChI=1S/C13H17N3OS2/c1-3-4-11(17)14-6-5-12-16-10(8-18-12)13-15-9(2)7-19-13/h7-8H,3-6H2,1-2H3,(H,14,17). The molecule has 2 heterocycles. The summed E-state index contributed by atoms with van der Waals surface area (Å²) in [6.45, 7) is 4.64. The van der Waals surface area contributed by atoms with Crippen molar-refractivity contribution in [3.8, 4) is 10.7 Å². The second-order valence-electron chi connectivity index (χ2n) is 4.27. The Bertz CT molecular complexity index is 548. The van der Waals surface area contributed by atoms with Crippen molar-refractivity contribution in [2.24, 2.45) is 0 Å². The van der Waals surface area contributed by atoms with Crippen molar-refractivity contribution in [1.82, 2.24) is 15.3 Å². The summed E-state index contributed by atoms with van der Waals surface area (Å²) in [5.41, 5.74) is 1.97. The third-order valence-corrected chi connectivity index (χ3v) is 4.42. The van der Waals surface area contributed by atoms with Gasteiger partial charge in [0.25, 0.3) is 0 Å². The topological polar surface area (TPSA) is 54.9 Å². The maximum absolute atomic E-state index is 11.3. The minimum absolute atomic E-state index is 0.120. The van der Waals surface area contributed by atoms with E-state index >= 15 is 0 Å². The SMILES string of the molecule is CCCC(=O)NCCc1nc(-c2nc(C)cs2)cs1. The predicted octanol–water partition coefficient (Wildman–Crippen LogP) is 3.03. The van der Waals surface area contributed by atoms with E-state index in [0.29, 0.717) is 13.0 Å². The van der Waals surface area contributed by atoms with Gasteiger partial charge in [-0.1, -0.05) is 6.92 Å². The zero-order chi connectivity index (χ0) is 13.7. The van der Waals surface area contributed by atoms with Gasteiger partial charge in [-0.2, -0.15) is 0 Å². The number of carbonyl (C=O) groups is 1. The Kier molecular flexibility index (Phi) is 5.04. The molecule has 1 amide bonds. The molecule has 6 heteroatoms. The number of aromatic nitrogens is 2. The van der Waals surface area contributed by atoms with Crippen LogP contribution in [0.4, 0.5) is 0 Å². The lowest BCUT2D eigenvalue weighted by Gasteiger charge is -2.01. The zero-order valence-corrected chi connectivity index (χ0v) is 12.7. The minimum atomic E-state index is 0.120. The van der Waals surface area contributed by atoms with Crippen molar-refractivity contribution < 1.29 is 4.79 Å². The largest absolute Gasteiger partial charge is 0.356 e. The Labute approximate surface area is 120 Å². The number of hydrogen-bond acceptors (Lipinski definition) is 5. The maximum atomic E-state index is 11.3. The van der Waals surface area contributed by atoms with E-state index in [4.69, 9.17) is 0 Å². The first-order valence-corrected chi connectivity index (χ1v) is 8.08. The molecule has 0 bridgehead atoms. The Morgan fingerprint density at radius 2 is 2.16 bits per heavy atom. The number of carbonyl (C=O) groups excluding carboxylic acids is 1. The molecule has 0 aliphatic carbocycles. The first-order valence-electron chi connectivity index (χ1n) is 6.32. The van der Waals surface area contributed by atoms with Gasteiger partial charge in [0.2, 0.25) is 5.91 Å². The molecule has 102 valence electrons. The number of nitrogens with one attached hydrogen (secondary N) is 1. The van der Waals surface area contributed by atoms with Gasteiger partial charge >= 0.3 is 0 Å². The molecule has 0 atom stereocenters. The second-order valence-corrected chi connectivity index (χ2v) is 6.07. The fourth-order valence-electron chi connectivity index (χ4n) is 1.62. The zero-order valence-electron chi connectivity index (χ0n) is 11.1. The molecule has 1 N–H and O–H groups in total. The quantitative estimate of drug-likeness (QED) is 0.891. The molecule has 0 fully saturated rings. The molecule has 2 aromatic rings. The van der Waals surface area contributed by atoms with Gasteiger partial charge in [-0.15, -0.1) is 22.7 Å². The highest BCUT2D eigenvalue weighted by Gasteiger charge is 2.08. The van der Waals surface area contributed by atoms with Crippen LogP contribution in [-0.4, -0.2) is 22.4 Å². The smallest absolute Gasteiger partial charge is 0.219 e. The van der Waals surface area contributed by atoms with Gasteiger partial charge in [-0.3, -0.25) is 4.79 Å².